The van der Waals surface area contributed by atoms with Gasteiger partial charge < -0.3 is 19.2 Å². The van der Waals surface area contributed by atoms with Crippen molar-refractivity contribution in [2.24, 2.45) is 0 Å². The van der Waals surface area contributed by atoms with Crippen molar-refractivity contribution >= 4 is 11.6 Å². The second-order valence-electron chi connectivity index (χ2n) is 8.27. The Morgan fingerprint density at radius 1 is 1.17 bits per heavy atom. The first-order valence-corrected chi connectivity index (χ1v) is 10.7. The van der Waals surface area contributed by atoms with Gasteiger partial charge in [0.1, 0.15) is 5.76 Å². The summed E-state index contributed by atoms with van der Waals surface area (Å²) in [4.78, 5) is 24.6. The summed E-state index contributed by atoms with van der Waals surface area (Å²) in [5.41, 5.74) is 3.61. The lowest BCUT2D eigenvalue weighted by atomic mass is 10.1. The van der Waals surface area contributed by atoms with Gasteiger partial charge in [-0.3, -0.25) is 9.78 Å². The minimum Gasteiger partial charge on any atom is -0.369 e. The second-order valence-corrected chi connectivity index (χ2v) is 8.27. The Balaban J connectivity index is 1.55. The fraction of sp³-hybridized carbons (Fsp3) is 0.591. The summed E-state index contributed by atoms with van der Waals surface area (Å²) in [6.45, 7) is 9.03. The number of likely N-dealkylation sites (N-methyl/N-ethyl adjacent to an activating group) is 1. The molecule has 0 spiro atoms. The van der Waals surface area contributed by atoms with Crippen molar-refractivity contribution in [2.45, 2.75) is 45.6 Å². The number of rotatable bonds is 5. The van der Waals surface area contributed by atoms with E-state index in [1.54, 1.807) is 6.07 Å². The van der Waals surface area contributed by atoms with Crippen molar-refractivity contribution in [3.8, 4) is 0 Å². The molecule has 0 radical (unpaired) electrons. The minimum absolute atomic E-state index is 0.0000562. The van der Waals surface area contributed by atoms with Crippen molar-refractivity contribution in [3.05, 3.63) is 41.0 Å². The number of likely N-dealkylation sites (tertiary alicyclic amines) is 1. The van der Waals surface area contributed by atoms with Gasteiger partial charge in [-0.1, -0.05) is 12.1 Å². The van der Waals surface area contributed by atoms with Crippen LogP contribution < -0.4 is 4.90 Å². The fourth-order valence-corrected chi connectivity index (χ4v) is 4.34. The van der Waals surface area contributed by atoms with Crippen molar-refractivity contribution in [1.29, 1.82) is 0 Å². The molecule has 2 fully saturated rings. The van der Waals surface area contributed by atoms with Gasteiger partial charge in [-0.05, 0) is 45.4 Å². The van der Waals surface area contributed by atoms with E-state index in [9.17, 15) is 4.79 Å². The molecule has 0 aromatic carbocycles. The maximum atomic E-state index is 13.1. The molecule has 2 saturated heterocycles. The molecule has 1 atom stereocenters. The predicted octanol–water partition coefficient (Wildman–Crippen LogP) is 3.06. The fourth-order valence-electron chi connectivity index (χ4n) is 4.34. The maximum Gasteiger partial charge on any atom is 0.276 e. The molecule has 0 unspecified atom stereocenters. The van der Waals surface area contributed by atoms with Crippen LogP contribution in [-0.2, 0) is 6.42 Å². The number of anilines is 1. The first kappa shape index (κ1) is 19.9. The average Bonchev–Trinajstić information content (AvgIpc) is 3.38. The molecule has 0 N–H and O–H groups in total. The van der Waals surface area contributed by atoms with Crippen LogP contribution in [0.1, 0.15) is 59.9 Å². The lowest BCUT2D eigenvalue weighted by molar-refractivity contribution is 0.0722. The van der Waals surface area contributed by atoms with Gasteiger partial charge in [0.15, 0.2) is 5.69 Å². The van der Waals surface area contributed by atoms with Gasteiger partial charge in [0, 0.05) is 56.6 Å². The minimum atomic E-state index is -0.0527. The van der Waals surface area contributed by atoms with Crippen LogP contribution in [0.15, 0.2) is 22.7 Å². The van der Waals surface area contributed by atoms with E-state index < -0.39 is 0 Å². The summed E-state index contributed by atoms with van der Waals surface area (Å²) < 4.78 is 5.33. The van der Waals surface area contributed by atoms with Crippen LogP contribution in [0.25, 0.3) is 0 Å². The Bertz CT molecular complexity index is 857. The maximum absolute atomic E-state index is 13.1. The molecule has 0 saturated carbocycles. The normalized spacial score (nSPS) is 20.4. The molecule has 0 aliphatic carbocycles. The van der Waals surface area contributed by atoms with Gasteiger partial charge in [0.2, 0.25) is 0 Å². The van der Waals surface area contributed by atoms with Gasteiger partial charge in [-0.25, -0.2) is 0 Å². The third kappa shape index (κ3) is 4.29. The monoisotopic (exact) mass is 397 g/mol. The van der Waals surface area contributed by atoms with Crippen LogP contribution in [0.4, 0.5) is 5.69 Å². The standard InChI is InChI=1S/C22H31N5O2/c1-4-6-18-15-20(24-29-18)22(28)27-8-5-7-21(27)19-14-17(13-16(2)23-19)26-11-9-25(3)10-12-26/h13-15,21H,4-12H2,1-3H3/t21-/m1/s1. The molecule has 2 aromatic rings. The number of carbonyl (C=O) groups excluding carboxylic acids is 1. The summed E-state index contributed by atoms with van der Waals surface area (Å²) in [6.07, 6.45) is 3.69. The van der Waals surface area contributed by atoms with Gasteiger partial charge in [0.05, 0.1) is 11.7 Å². The van der Waals surface area contributed by atoms with Gasteiger partial charge in [-0.15, -0.1) is 0 Å². The number of aromatic nitrogens is 2. The number of hydrogen-bond donors (Lipinski definition) is 0. The highest BCUT2D eigenvalue weighted by Gasteiger charge is 2.33. The van der Waals surface area contributed by atoms with E-state index in [1.165, 1.54) is 5.69 Å². The SMILES string of the molecule is CCCc1cc(C(=O)N2CCC[C@@H]2c2cc(N3CCN(C)CC3)cc(C)n2)no1. The lowest BCUT2D eigenvalue weighted by Crippen LogP contribution is -2.44. The number of carbonyl (C=O) groups is 1. The summed E-state index contributed by atoms with van der Waals surface area (Å²) in [5.74, 6) is 0.723. The molecular formula is C22H31N5O2. The van der Waals surface area contributed by atoms with E-state index in [1.807, 2.05) is 11.8 Å². The van der Waals surface area contributed by atoms with E-state index in [2.05, 4.69) is 41.1 Å². The van der Waals surface area contributed by atoms with Gasteiger partial charge in [0.25, 0.3) is 5.91 Å². The molecule has 1 amide bonds. The molecule has 4 heterocycles. The molecule has 2 aliphatic rings. The average molecular weight is 398 g/mol. The topological polar surface area (TPSA) is 65.7 Å². The number of pyridine rings is 1. The van der Waals surface area contributed by atoms with Crippen molar-refractivity contribution in [2.75, 3.05) is 44.7 Å². The molecule has 7 heteroatoms. The number of hydrogen-bond acceptors (Lipinski definition) is 6. The molecular weight excluding hydrogens is 366 g/mol. The zero-order valence-electron chi connectivity index (χ0n) is 17.7. The molecule has 4 rings (SSSR count). The number of aryl methyl sites for hydroxylation is 2. The van der Waals surface area contributed by atoms with Crippen LogP contribution in [0.5, 0.6) is 0 Å². The van der Waals surface area contributed by atoms with Crippen molar-refractivity contribution in [3.63, 3.8) is 0 Å². The summed E-state index contributed by atoms with van der Waals surface area (Å²) in [7, 11) is 2.17. The van der Waals surface area contributed by atoms with Gasteiger partial charge in [-0.2, -0.15) is 0 Å². The Labute approximate surface area is 172 Å². The zero-order valence-corrected chi connectivity index (χ0v) is 17.7. The quantitative estimate of drug-likeness (QED) is 0.773. The van der Waals surface area contributed by atoms with Gasteiger partial charge >= 0.3 is 0 Å². The molecule has 0 bridgehead atoms. The highest BCUT2D eigenvalue weighted by molar-refractivity contribution is 5.92. The third-order valence-electron chi connectivity index (χ3n) is 5.96. The lowest BCUT2D eigenvalue weighted by Gasteiger charge is -2.34. The Morgan fingerprint density at radius 2 is 1.97 bits per heavy atom. The van der Waals surface area contributed by atoms with E-state index in [0.717, 1.165) is 75.6 Å². The van der Waals surface area contributed by atoms with E-state index >= 15 is 0 Å². The van der Waals surface area contributed by atoms with Crippen molar-refractivity contribution < 1.29 is 9.32 Å². The van der Waals surface area contributed by atoms with Crippen molar-refractivity contribution in [1.82, 2.24) is 19.9 Å². The van der Waals surface area contributed by atoms with E-state index in [0.29, 0.717) is 5.69 Å². The largest absolute Gasteiger partial charge is 0.369 e. The van der Waals surface area contributed by atoms with Crippen LogP contribution in [0.2, 0.25) is 0 Å². The molecule has 2 aromatic heterocycles. The molecule has 29 heavy (non-hydrogen) atoms. The third-order valence-corrected chi connectivity index (χ3v) is 5.96. The van der Waals surface area contributed by atoms with Crippen LogP contribution in [0, 0.1) is 6.92 Å². The predicted molar refractivity (Wildman–Crippen MR) is 112 cm³/mol. The molecule has 2 aliphatic heterocycles. The van der Waals surface area contributed by atoms with Crippen LogP contribution >= 0.6 is 0 Å². The first-order chi connectivity index (χ1) is 14.0. The van der Waals surface area contributed by atoms with Crippen LogP contribution in [0.3, 0.4) is 0 Å². The smallest absolute Gasteiger partial charge is 0.276 e. The molecule has 7 nitrogen and oxygen atoms in total. The Hall–Kier alpha value is -2.41. The Morgan fingerprint density at radius 3 is 2.72 bits per heavy atom. The zero-order chi connectivity index (χ0) is 20.4. The summed E-state index contributed by atoms with van der Waals surface area (Å²) >= 11 is 0. The van der Waals surface area contributed by atoms with E-state index in [-0.39, 0.29) is 11.9 Å². The second kappa shape index (κ2) is 8.53. The summed E-state index contributed by atoms with van der Waals surface area (Å²) in [6, 6.07) is 6.13. The van der Waals surface area contributed by atoms with E-state index in [4.69, 9.17) is 9.51 Å². The van der Waals surface area contributed by atoms with Crippen LogP contribution in [-0.4, -0.2) is 65.6 Å². The Kier molecular flexibility index (Phi) is 5.85. The number of amides is 1. The number of piperazine rings is 1. The number of nitrogens with zero attached hydrogens (tertiary/aromatic N) is 5. The first-order valence-electron chi connectivity index (χ1n) is 10.7. The summed E-state index contributed by atoms with van der Waals surface area (Å²) in [5, 5.41) is 4.02. The highest BCUT2D eigenvalue weighted by atomic mass is 16.5. The highest BCUT2D eigenvalue weighted by Crippen LogP contribution is 2.34. The molecule has 156 valence electrons.